The van der Waals surface area contributed by atoms with Crippen LogP contribution < -0.4 is 4.90 Å². The van der Waals surface area contributed by atoms with Crippen LogP contribution in [0.5, 0.6) is 0 Å². The van der Waals surface area contributed by atoms with Crippen molar-refractivity contribution in [2.24, 2.45) is 0 Å². The maximum absolute atomic E-state index is 5.70. The number of likely N-dealkylation sites (tertiary alicyclic amines) is 1. The molecular formula is C21H30N6O2. The van der Waals surface area contributed by atoms with Crippen LogP contribution in [0.25, 0.3) is 11.4 Å². The third-order valence-electron chi connectivity index (χ3n) is 6.51. The maximum Gasteiger partial charge on any atom is 0.244 e. The van der Waals surface area contributed by atoms with E-state index in [0.717, 1.165) is 82.5 Å². The van der Waals surface area contributed by atoms with Crippen molar-refractivity contribution >= 4 is 5.82 Å². The zero-order valence-corrected chi connectivity index (χ0v) is 17.2. The minimum Gasteiger partial charge on any atom is -0.381 e. The van der Waals surface area contributed by atoms with Gasteiger partial charge in [-0.05, 0) is 51.4 Å². The second kappa shape index (κ2) is 8.38. The van der Waals surface area contributed by atoms with Crippen molar-refractivity contribution in [3.63, 3.8) is 0 Å². The van der Waals surface area contributed by atoms with E-state index in [9.17, 15) is 0 Å². The molecule has 1 atom stereocenters. The van der Waals surface area contributed by atoms with Gasteiger partial charge < -0.3 is 19.1 Å². The number of hydrogen-bond donors (Lipinski definition) is 0. The van der Waals surface area contributed by atoms with Crippen LogP contribution >= 0.6 is 0 Å². The Balaban J connectivity index is 1.28. The van der Waals surface area contributed by atoms with Gasteiger partial charge in [0, 0.05) is 57.2 Å². The van der Waals surface area contributed by atoms with Gasteiger partial charge >= 0.3 is 0 Å². The molecule has 5 heterocycles. The van der Waals surface area contributed by atoms with E-state index in [4.69, 9.17) is 14.2 Å². The molecule has 156 valence electrons. The summed E-state index contributed by atoms with van der Waals surface area (Å²) in [4.78, 5) is 16.6. The number of pyridine rings is 1. The Kier molecular flexibility index (Phi) is 5.48. The molecule has 0 N–H and O–H groups in total. The van der Waals surface area contributed by atoms with Crippen molar-refractivity contribution in [1.82, 2.24) is 24.9 Å². The summed E-state index contributed by atoms with van der Waals surface area (Å²) in [6.07, 6.45) is 6.32. The van der Waals surface area contributed by atoms with Crippen LogP contribution in [0.3, 0.4) is 0 Å². The lowest BCUT2D eigenvalue weighted by molar-refractivity contribution is 0.0243. The van der Waals surface area contributed by atoms with Gasteiger partial charge in [0.05, 0.1) is 6.04 Å². The molecule has 0 saturated carbocycles. The van der Waals surface area contributed by atoms with Crippen LogP contribution in [0.1, 0.15) is 37.6 Å². The summed E-state index contributed by atoms with van der Waals surface area (Å²) in [6, 6.07) is 4.92. The van der Waals surface area contributed by atoms with Gasteiger partial charge in [0.15, 0.2) is 0 Å². The van der Waals surface area contributed by atoms with E-state index in [1.807, 2.05) is 6.20 Å². The first-order chi connectivity index (χ1) is 14.3. The van der Waals surface area contributed by atoms with Crippen molar-refractivity contribution in [2.45, 2.75) is 37.8 Å². The third kappa shape index (κ3) is 4.01. The first kappa shape index (κ1) is 19.0. The summed E-state index contributed by atoms with van der Waals surface area (Å²) in [7, 11) is 2.16. The number of hydrogen-bond acceptors (Lipinski definition) is 8. The van der Waals surface area contributed by atoms with Gasteiger partial charge in [0.2, 0.25) is 11.7 Å². The highest BCUT2D eigenvalue weighted by atomic mass is 16.5. The van der Waals surface area contributed by atoms with Gasteiger partial charge in [-0.2, -0.15) is 4.98 Å². The number of likely N-dealkylation sites (N-methyl/N-ethyl adjacent to an activating group) is 1. The predicted molar refractivity (Wildman–Crippen MR) is 110 cm³/mol. The quantitative estimate of drug-likeness (QED) is 0.776. The molecule has 8 heteroatoms. The third-order valence-corrected chi connectivity index (χ3v) is 6.51. The van der Waals surface area contributed by atoms with Gasteiger partial charge in [0.1, 0.15) is 5.82 Å². The van der Waals surface area contributed by atoms with Crippen molar-refractivity contribution in [3.05, 3.63) is 24.2 Å². The van der Waals surface area contributed by atoms with Crippen molar-refractivity contribution < 1.29 is 9.26 Å². The molecule has 3 aliphatic rings. The van der Waals surface area contributed by atoms with E-state index in [-0.39, 0.29) is 6.04 Å². The monoisotopic (exact) mass is 398 g/mol. The van der Waals surface area contributed by atoms with Crippen LogP contribution in [-0.2, 0) is 4.74 Å². The first-order valence-electron chi connectivity index (χ1n) is 10.8. The molecule has 29 heavy (non-hydrogen) atoms. The molecule has 0 spiro atoms. The molecule has 2 aromatic heterocycles. The molecule has 0 aliphatic carbocycles. The normalized spacial score (nSPS) is 25.0. The highest BCUT2D eigenvalue weighted by molar-refractivity contribution is 5.56. The number of rotatable bonds is 4. The fourth-order valence-electron chi connectivity index (χ4n) is 4.74. The topological polar surface area (TPSA) is 70.8 Å². The molecule has 3 saturated heterocycles. The zero-order valence-electron chi connectivity index (χ0n) is 17.2. The fraction of sp³-hybridized carbons (Fsp3) is 0.667. The molecule has 8 nitrogen and oxygen atoms in total. The van der Waals surface area contributed by atoms with Gasteiger partial charge in [-0.3, -0.25) is 4.90 Å². The lowest BCUT2D eigenvalue weighted by Gasteiger charge is -2.33. The number of aromatic nitrogens is 3. The molecule has 3 aliphatic heterocycles. The van der Waals surface area contributed by atoms with Crippen LogP contribution in [0, 0.1) is 0 Å². The summed E-state index contributed by atoms with van der Waals surface area (Å²) in [5.74, 6) is 2.40. The smallest absolute Gasteiger partial charge is 0.244 e. The minimum absolute atomic E-state index is 0.233. The Bertz CT molecular complexity index is 796. The van der Waals surface area contributed by atoms with Crippen LogP contribution in [0.15, 0.2) is 22.9 Å². The highest BCUT2D eigenvalue weighted by Crippen LogP contribution is 2.35. The Morgan fingerprint density at radius 2 is 1.83 bits per heavy atom. The second-order valence-electron chi connectivity index (χ2n) is 8.39. The van der Waals surface area contributed by atoms with E-state index in [2.05, 4.69) is 44.0 Å². The SMILES string of the molecule is CN1CCN(c2ccc(-c3noc(C4CCCN4C4CCOCC4)n3)cn2)CC1. The summed E-state index contributed by atoms with van der Waals surface area (Å²) in [6.45, 7) is 6.99. The van der Waals surface area contributed by atoms with E-state index in [1.165, 1.54) is 6.42 Å². The second-order valence-corrected chi connectivity index (χ2v) is 8.39. The summed E-state index contributed by atoms with van der Waals surface area (Å²) < 4.78 is 11.2. The first-order valence-corrected chi connectivity index (χ1v) is 10.8. The van der Waals surface area contributed by atoms with E-state index in [1.54, 1.807) is 0 Å². The average molecular weight is 399 g/mol. The van der Waals surface area contributed by atoms with Crippen molar-refractivity contribution in [3.8, 4) is 11.4 Å². The molecule has 0 bridgehead atoms. The lowest BCUT2D eigenvalue weighted by atomic mass is 10.1. The predicted octanol–water partition coefficient (Wildman–Crippen LogP) is 2.20. The molecule has 1 unspecified atom stereocenters. The van der Waals surface area contributed by atoms with Gasteiger partial charge in [-0.1, -0.05) is 5.16 Å². The van der Waals surface area contributed by atoms with Crippen molar-refractivity contribution in [1.29, 1.82) is 0 Å². The average Bonchev–Trinajstić information content (AvgIpc) is 3.45. The summed E-state index contributed by atoms with van der Waals surface area (Å²) in [5.41, 5.74) is 0.911. The molecule has 0 radical (unpaired) electrons. The Hall–Kier alpha value is -2.03. The molecule has 2 aromatic rings. The molecular weight excluding hydrogens is 368 g/mol. The van der Waals surface area contributed by atoms with E-state index in [0.29, 0.717) is 11.9 Å². The minimum atomic E-state index is 0.233. The molecule has 5 rings (SSSR count). The van der Waals surface area contributed by atoms with E-state index < -0.39 is 0 Å². The Labute approximate surface area is 171 Å². The van der Waals surface area contributed by atoms with Gasteiger partial charge in [-0.25, -0.2) is 4.98 Å². The number of nitrogens with zero attached hydrogens (tertiary/aromatic N) is 6. The fourth-order valence-corrected chi connectivity index (χ4v) is 4.74. The van der Waals surface area contributed by atoms with Crippen LogP contribution in [0.2, 0.25) is 0 Å². The molecule has 0 aromatic carbocycles. The van der Waals surface area contributed by atoms with Crippen LogP contribution in [0.4, 0.5) is 5.82 Å². The Morgan fingerprint density at radius 1 is 1.00 bits per heavy atom. The highest BCUT2D eigenvalue weighted by Gasteiger charge is 2.36. The lowest BCUT2D eigenvalue weighted by Crippen LogP contribution is -2.44. The zero-order chi connectivity index (χ0) is 19.6. The van der Waals surface area contributed by atoms with E-state index >= 15 is 0 Å². The number of ether oxygens (including phenoxy) is 1. The van der Waals surface area contributed by atoms with Gasteiger partial charge in [-0.15, -0.1) is 0 Å². The van der Waals surface area contributed by atoms with Gasteiger partial charge in [0.25, 0.3) is 0 Å². The molecule has 3 fully saturated rings. The number of anilines is 1. The number of piperazine rings is 1. The standard InChI is InChI=1S/C21H30N6O2/c1-25-9-11-26(12-10-25)19-5-4-16(15-22-19)20-23-21(29-24-20)18-3-2-8-27(18)17-6-13-28-14-7-17/h4-5,15,17-18H,2-3,6-14H2,1H3. The van der Waals surface area contributed by atoms with Crippen molar-refractivity contribution in [2.75, 3.05) is 57.9 Å². The maximum atomic E-state index is 5.70. The molecule has 0 amide bonds. The van der Waals surface area contributed by atoms with Crippen LogP contribution in [-0.4, -0.2) is 84.0 Å². The summed E-state index contributed by atoms with van der Waals surface area (Å²) >= 11 is 0. The Morgan fingerprint density at radius 3 is 2.59 bits per heavy atom. The largest absolute Gasteiger partial charge is 0.381 e. The summed E-state index contributed by atoms with van der Waals surface area (Å²) in [5, 5.41) is 4.26.